The highest BCUT2D eigenvalue weighted by atomic mass is 15.1. The Kier molecular flexibility index (Phi) is 13.8. The lowest BCUT2D eigenvalue weighted by molar-refractivity contribution is -0.116. The van der Waals surface area contributed by atoms with Crippen LogP contribution in [0.15, 0.2) is 121 Å². The van der Waals surface area contributed by atoms with E-state index >= 15 is 0 Å². The molecule has 0 saturated heterocycles. The van der Waals surface area contributed by atoms with E-state index < -0.39 is 0 Å². The zero-order valence-corrected chi connectivity index (χ0v) is 37.1. The molecule has 5 heterocycles. The summed E-state index contributed by atoms with van der Waals surface area (Å²) in [6, 6.07) is 39.7. The number of hydrogen-bond donors (Lipinski definition) is 14. The molecule has 7 aromatic rings. The van der Waals surface area contributed by atoms with Crippen LogP contribution < -0.4 is 65.8 Å². The lowest BCUT2D eigenvalue weighted by atomic mass is 10.0. The first-order valence-corrected chi connectivity index (χ1v) is 21.5. The Labute approximate surface area is 393 Å². The van der Waals surface area contributed by atoms with Gasteiger partial charge in [0.15, 0.2) is 0 Å². The Hall–Kier alpha value is -9.44. The van der Waals surface area contributed by atoms with Gasteiger partial charge in [0, 0.05) is 44.3 Å². The molecule has 0 atom stereocenters. The van der Waals surface area contributed by atoms with Crippen LogP contribution in [0, 0.1) is 0 Å². The smallest absolute Gasteiger partial charge is 0.343 e. The molecule has 16 heteroatoms. The van der Waals surface area contributed by atoms with E-state index in [4.69, 9.17) is 54.5 Å². The molecule has 22 N–H and O–H groups in total. The van der Waals surface area contributed by atoms with Crippen LogP contribution >= 0.6 is 0 Å². The maximum Gasteiger partial charge on any atom is 0.343 e. The predicted octanol–water partition coefficient (Wildman–Crippen LogP) is 3.32. The summed E-state index contributed by atoms with van der Waals surface area (Å²) in [5.41, 5.74) is 39.5. The molecule has 9 rings (SSSR count). The van der Waals surface area contributed by atoms with Crippen molar-refractivity contribution >= 4 is 93.0 Å². The Balaban J connectivity index is 0.00000167. The van der Waals surface area contributed by atoms with Crippen molar-refractivity contribution < 1.29 is 21.6 Å². The van der Waals surface area contributed by atoms with E-state index in [1.807, 2.05) is 121 Å². The molecule has 0 unspecified atom stereocenters. The zero-order chi connectivity index (χ0) is 47.2. The van der Waals surface area contributed by atoms with Crippen LogP contribution in [0.1, 0.15) is 50.5 Å². The molecular weight excluding hydrogens is 849 g/mol. The number of anilines is 4. The van der Waals surface area contributed by atoms with Gasteiger partial charge in [0.25, 0.3) is 0 Å². The highest BCUT2D eigenvalue weighted by Crippen LogP contribution is 2.39. The van der Waals surface area contributed by atoms with Gasteiger partial charge in [-0.1, -0.05) is 76.2 Å². The molecule has 68 heavy (non-hydrogen) atoms. The third-order valence-electron chi connectivity index (χ3n) is 10.6. The molecule has 0 fully saturated rings. The number of guanidine groups is 4. The Morgan fingerprint density at radius 3 is 0.750 bits per heavy atom. The van der Waals surface area contributed by atoms with Crippen LogP contribution in [0.2, 0.25) is 0 Å². The van der Waals surface area contributed by atoms with Crippen LogP contribution in [0.25, 0.3) is 90.9 Å². The third-order valence-corrected chi connectivity index (χ3v) is 10.6. The number of fused-ring (bicyclic) bond motifs is 8. The fraction of sp³-hybridized carbons (Fsp3) is 0.0769. The molecule has 0 amide bonds. The van der Waals surface area contributed by atoms with Crippen molar-refractivity contribution in [2.24, 2.45) is 22.9 Å². The summed E-state index contributed by atoms with van der Waals surface area (Å²) in [4.78, 5) is 18.3. The van der Waals surface area contributed by atoms with Crippen LogP contribution in [-0.2, 0) is 0 Å². The maximum absolute atomic E-state index is 5.78. The molecule has 3 aromatic heterocycles. The van der Waals surface area contributed by atoms with Gasteiger partial charge in [-0.25, -0.2) is 31.2 Å². The quantitative estimate of drug-likeness (QED) is 0.0779. The van der Waals surface area contributed by atoms with Gasteiger partial charge in [-0.3, -0.25) is 44.6 Å². The minimum absolute atomic E-state index is 0. The number of nitrogens with zero attached hydrogens (tertiary/aromatic N) is 2. The molecular formula is C52H58N16+4. The number of rotatable bonds is 8. The van der Waals surface area contributed by atoms with Crippen molar-refractivity contribution in [1.29, 1.82) is 0 Å². The van der Waals surface area contributed by atoms with Crippen LogP contribution in [-0.4, -0.2) is 43.8 Å². The average Bonchev–Trinajstić information content (AvgIpc) is 4.14. The van der Waals surface area contributed by atoms with Crippen molar-refractivity contribution in [3.63, 3.8) is 0 Å². The van der Waals surface area contributed by atoms with E-state index in [1.165, 1.54) is 6.42 Å². The van der Waals surface area contributed by atoms with Crippen LogP contribution in [0.5, 0.6) is 0 Å². The highest BCUT2D eigenvalue weighted by molar-refractivity contribution is 6.01. The monoisotopic (exact) mass is 907 g/mol. The largest absolute Gasteiger partial charge is 0.354 e. The van der Waals surface area contributed by atoms with Gasteiger partial charge >= 0.3 is 23.8 Å². The molecule has 0 spiro atoms. The number of benzene rings is 4. The van der Waals surface area contributed by atoms with E-state index in [0.717, 1.165) is 112 Å². The number of H-pyrrole nitrogens is 2. The summed E-state index contributed by atoms with van der Waals surface area (Å²) in [7, 11) is 0. The lowest BCUT2D eigenvalue weighted by Gasteiger charge is -2.08. The number of aromatic amines is 2. The fourth-order valence-corrected chi connectivity index (χ4v) is 7.97. The van der Waals surface area contributed by atoms with E-state index in [9.17, 15) is 0 Å². The minimum Gasteiger partial charge on any atom is -0.354 e. The van der Waals surface area contributed by atoms with Gasteiger partial charge in [-0.05, 0) is 119 Å². The summed E-state index contributed by atoms with van der Waals surface area (Å²) in [6.07, 6.45) is 9.38. The van der Waals surface area contributed by atoms with Crippen molar-refractivity contribution in [3.8, 4) is 44.5 Å². The van der Waals surface area contributed by atoms with Gasteiger partial charge in [0.1, 0.15) is 0 Å². The molecule has 8 bridgehead atoms. The third kappa shape index (κ3) is 10.2. The standard InChI is InChI=1S/C48H42N16.C3H8.CH4/c49-45(50)57-29-9-1-25(2-10-29)41-33-17-19-35(61-33)42(26-3-11-30(12-4-26)58-46(51)52)37-21-23-39(63-37)44(28-7-15-32(16-8-28)60-48(55)56)40-24-22-38(64-40)43(36-20-18-34(41)62-36)27-5-13-31(14-6-27)59-47(53)54;1-3-2;/h1-24,61,64H,(H4,49,50,57)(H4,51,52,58)(H4,53,54,59)(H4,55,56,60);3H2,1-2H3;1H4/p+4. The molecule has 16 nitrogen and oxygen atoms in total. The summed E-state index contributed by atoms with van der Waals surface area (Å²) in [6.45, 7) is 4.25. The van der Waals surface area contributed by atoms with Gasteiger partial charge in [-0.2, -0.15) is 0 Å². The summed E-state index contributed by atoms with van der Waals surface area (Å²) in [5, 5.41) is 35.1. The molecule has 2 aliphatic heterocycles. The predicted molar refractivity (Wildman–Crippen MR) is 282 cm³/mol. The van der Waals surface area contributed by atoms with Crippen molar-refractivity contribution in [2.45, 2.75) is 27.7 Å². The second-order valence-corrected chi connectivity index (χ2v) is 15.8. The number of nitrogens with one attached hydrogen (secondary N) is 6. The molecule has 0 aliphatic carbocycles. The second kappa shape index (κ2) is 20.2. The van der Waals surface area contributed by atoms with Gasteiger partial charge in [0.2, 0.25) is 0 Å². The van der Waals surface area contributed by atoms with E-state index in [2.05, 4.69) is 69.3 Å². The Morgan fingerprint density at radius 2 is 0.574 bits per heavy atom. The maximum atomic E-state index is 5.78. The van der Waals surface area contributed by atoms with E-state index in [-0.39, 0.29) is 31.3 Å². The molecule has 4 aromatic carbocycles. The Bertz CT molecular complexity index is 2840. The number of hydrogen-bond acceptors (Lipinski definition) is 2. The summed E-state index contributed by atoms with van der Waals surface area (Å²) in [5.74, 6) is 0.382. The molecule has 2 aliphatic rings. The topological polar surface area (TPSA) is 312 Å². The molecule has 0 saturated carbocycles. The average molecular weight is 907 g/mol. The van der Waals surface area contributed by atoms with Gasteiger partial charge < -0.3 is 9.97 Å². The van der Waals surface area contributed by atoms with Crippen molar-refractivity contribution in [1.82, 2.24) is 19.9 Å². The summed E-state index contributed by atoms with van der Waals surface area (Å²) >= 11 is 0. The SMILES string of the molecule is C.CCC.NC(=[NH2+])Nc1ccc(-c2c3nc(c(-c4ccc(NC(N)=[NH2+])cc4)c4ccc([nH]4)c(-c4ccc(NC(N)=[NH2+])cc4)c4nc(c(-c5ccc(NC(N)=[NH2+])cc5)c5ccc2[nH]5)C=C4)C=C3)cc1. The first-order chi connectivity index (χ1) is 32.4. The Morgan fingerprint density at radius 1 is 0.382 bits per heavy atom. The first kappa shape index (κ1) is 46.5. The van der Waals surface area contributed by atoms with Crippen molar-refractivity contribution in [3.05, 3.63) is 144 Å². The first-order valence-electron chi connectivity index (χ1n) is 21.5. The van der Waals surface area contributed by atoms with Crippen LogP contribution in [0.4, 0.5) is 22.7 Å². The van der Waals surface area contributed by atoms with Crippen LogP contribution in [0.3, 0.4) is 0 Å². The zero-order valence-electron chi connectivity index (χ0n) is 37.1. The normalized spacial score (nSPS) is 11.1. The fourth-order valence-electron chi connectivity index (χ4n) is 7.97. The molecule has 342 valence electrons. The summed E-state index contributed by atoms with van der Waals surface area (Å²) < 4.78 is 0. The lowest BCUT2D eigenvalue weighted by Crippen LogP contribution is -2.50. The number of nitrogens with two attached hydrogens (primary N) is 8. The van der Waals surface area contributed by atoms with Crippen molar-refractivity contribution in [2.75, 3.05) is 21.3 Å². The minimum atomic E-state index is 0. The van der Waals surface area contributed by atoms with Gasteiger partial charge in [0.05, 0.1) is 45.5 Å². The highest BCUT2D eigenvalue weighted by Gasteiger charge is 2.20. The van der Waals surface area contributed by atoms with E-state index in [0.29, 0.717) is 0 Å². The molecule has 0 radical (unpaired) electrons. The van der Waals surface area contributed by atoms with Gasteiger partial charge in [-0.15, -0.1) is 0 Å². The second-order valence-electron chi connectivity index (χ2n) is 15.8. The number of aromatic nitrogens is 4. The van der Waals surface area contributed by atoms with E-state index in [1.54, 1.807) is 0 Å².